The molecule has 1 heterocycles. The lowest BCUT2D eigenvalue weighted by molar-refractivity contribution is -0.127. The average Bonchev–Trinajstić information content (AvgIpc) is 2.83. The van der Waals surface area contributed by atoms with Crippen molar-refractivity contribution in [2.24, 2.45) is 5.41 Å². The van der Waals surface area contributed by atoms with Crippen molar-refractivity contribution in [1.82, 2.24) is 0 Å². The number of anilines is 2. The summed E-state index contributed by atoms with van der Waals surface area (Å²) in [5.41, 5.74) is 1.06. The van der Waals surface area contributed by atoms with Crippen LogP contribution in [0, 0.1) is 5.41 Å². The molecule has 0 aliphatic carbocycles. The molecule has 0 fully saturated rings. The number of nitrogens with one attached hydrogen (secondary N) is 1. The second-order valence-corrected chi connectivity index (χ2v) is 9.65. The highest BCUT2D eigenvalue weighted by atomic mass is 32.2. The molecule has 2 aromatic rings. The van der Waals surface area contributed by atoms with Gasteiger partial charge in [0, 0.05) is 12.6 Å². The molecule has 7 nitrogen and oxygen atoms in total. The molecule has 166 valence electrons. The lowest BCUT2D eigenvalue weighted by Gasteiger charge is -2.27. The molecule has 3 rings (SSSR count). The van der Waals surface area contributed by atoms with Gasteiger partial charge in [-0.3, -0.25) is 9.52 Å². The number of hydrogen-bond acceptors (Lipinski definition) is 5. The number of amides is 1. The van der Waals surface area contributed by atoms with Crippen molar-refractivity contribution in [2.75, 3.05) is 29.9 Å². The van der Waals surface area contributed by atoms with Gasteiger partial charge in [0.15, 0.2) is 0 Å². The maximum absolute atomic E-state index is 13.1. The van der Waals surface area contributed by atoms with Crippen LogP contribution in [0.5, 0.6) is 11.5 Å². The van der Waals surface area contributed by atoms with Crippen molar-refractivity contribution in [3.63, 3.8) is 0 Å². The summed E-state index contributed by atoms with van der Waals surface area (Å²) < 4.78 is 39.9. The van der Waals surface area contributed by atoms with E-state index in [0.717, 1.165) is 5.56 Å². The zero-order valence-corrected chi connectivity index (χ0v) is 19.1. The van der Waals surface area contributed by atoms with Gasteiger partial charge >= 0.3 is 0 Å². The maximum atomic E-state index is 13.1. The second kappa shape index (κ2) is 8.63. The summed E-state index contributed by atoms with van der Waals surface area (Å²) in [6, 6.07) is 9.96. The summed E-state index contributed by atoms with van der Waals surface area (Å²) in [6.45, 7) is 9.81. The minimum atomic E-state index is -3.91. The fourth-order valence-electron chi connectivity index (χ4n) is 3.38. The number of hydrogen-bond donors (Lipinski definition) is 1. The molecule has 8 heteroatoms. The van der Waals surface area contributed by atoms with Gasteiger partial charge in [0.2, 0.25) is 5.91 Å². The molecule has 2 aromatic carbocycles. The van der Waals surface area contributed by atoms with E-state index in [1.807, 2.05) is 26.8 Å². The van der Waals surface area contributed by atoms with Gasteiger partial charge in [0.05, 0.1) is 23.9 Å². The minimum Gasteiger partial charge on any atom is -0.495 e. The van der Waals surface area contributed by atoms with Gasteiger partial charge < -0.3 is 14.4 Å². The van der Waals surface area contributed by atoms with Crippen LogP contribution in [-0.2, 0) is 21.2 Å². The van der Waals surface area contributed by atoms with Crippen LogP contribution in [0.25, 0.3) is 0 Å². The molecule has 0 spiro atoms. The molecule has 0 aromatic heterocycles. The standard InChI is InChI=1S/C23H28N2O5S/c1-6-12-25-18-10-9-17(14-20(18)30-15-23(3,4)22(25)26)24-31(27,28)21-13-16(7-2)8-11-19(21)29-5/h6,8-11,13-14,24H,1,7,12,15H2,2-5H3. The first kappa shape index (κ1) is 22.7. The molecule has 0 bridgehead atoms. The van der Waals surface area contributed by atoms with E-state index in [4.69, 9.17) is 9.47 Å². The molecule has 0 saturated carbocycles. The molecule has 31 heavy (non-hydrogen) atoms. The van der Waals surface area contributed by atoms with Crippen LogP contribution >= 0.6 is 0 Å². The third-order valence-corrected chi connectivity index (χ3v) is 6.56. The summed E-state index contributed by atoms with van der Waals surface area (Å²) in [6.07, 6.45) is 2.34. The first-order chi connectivity index (χ1) is 14.6. The summed E-state index contributed by atoms with van der Waals surface area (Å²) in [5.74, 6) is 0.607. The van der Waals surface area contributed by atoms with Gasteiger partial charge in [-0.05, 0) is 50.1 Å². The largest absolute Gasteiger partial charge is 0.495 e. The Morgan fingerprint density at radius 2 is 2.00 bits per heavy atom. The lowest BCUT2D eigenvalue weighted by atomic mass is 9.93. The average molecular weight is 445 g/mol. The number of carbonyl (C=O) groups is 1. The van der Waals surface area contributed by atoms with E-state index >= 15 is 0 Å². The normalized spacial score (nSPS) is 15.5. The van der Waals surface area contributed by atoms with E-state index in [-0.39, 0.29) is 23.2 Å². The number of fused-ring (bicyclic) bond motifs is 1. The summed E-state index contributed by atoms with van der Waals surface area (Å²) in [4.78, 5) is 14.6. The molecule has 1 amide bonds. The molecular weight excluding hydrogens is 416 g/mol. The smallest absolute Gasteiger partial charge is 0.265 e. The summed E-state index contributed by atoms with van der Waals surface area (Å²) >= 11 is 0. The maximum Gasteiger partial charge on any atom is 0.265 e. The van der Waals surface area contributed by atoms with Crippen molar-refractivity contribution in [3.8, 4) is 11.5 Å². The number of carbonyl (C=O) groups excluding carboxylic acids is 1. The number of ether oxygens (including phenoxy) is 2. The van der Waals surface area contributed by atoms with Crippen LogP contribution in [0.1, 0.15) is 26.3 Å². The van der Waals surface area contributed by atoms with Crippen molar-refractivity contribution < 1.29 is 22.7 Å². The van der Waals surface area contributed by atoms with E-state index in [9.17, 15) is 13.2 Å². The van der Waals surface area contributed by atoms with E-state index < -0.39 is 15.4 Å². The Hall–Kier alpha value is -3.00. The van der Waals surface area contributed by atoms with Gasteiger partial charge in [-0.15, -0.1) is 6.58 Å². The van der Waals surface area contributed by atoms with Crippen molar-refractivity contribution >= 4 is 27.3 Å². The third-order valence-electron chi connectivity index (χ3n) is 5.15. The second-order valence-electron chi connectivity index (χ2n) is 8.00. The highest BCUT2D eigenvalue weighted by molar-refractivity contribution is 7.92. The van der Waals surface area contributed by atoms with E-state index in [0.29, 0.717) is 30.1 Å². The van der Waals surface area contributed by atoms with Crippen LogP contribution in [-0.4, -0.2) is 34.6 Å². The monoisotopic (exact) mass is 444 g/mol. The first-order valence-electron chi connectivity index (χ1n) is 10.0. The van der Waals surface area contributed by atoms with E-state index in [2.05, 4.69) is 11.3 Å². The van der Waals surface area contributed by atoms with Crippen molar-refractivity contribution in [2.45, 2.75) is 32.1 Å². The number of methoxy groups -OCH3 is 1. The van der Waals surface area contributed by atoms with Crippen LogP contribution in [0.15, 0.2) is 53.9 Å². The Bertz CT molecular complexity index is 1110. The number of nitrogens with zero attached hydrogens (tertiary/aromatic N) is 1. The Morgan fingerprint density at radius 1 is 1.26 bits per heavy atom. The number of rotatable bonds is 7. The number of sulfonamides is 1. The van der Waals surface area contributed by atoms with Crippen molar-refractivity contribution in [3.05, 3.63) is 54.6 Å². The molecule has 1 N–H and O–H groups in total. The van der Waals surface area contributed by atoms with Crippen molar-refractivity contribution in [1.29, 1.82) is 0 Å². The van der Waals surface area contributed by atoms with Gasteiger partial charge in [-0.1, -0.05) is 19.1 Å². The highest BCUT2D eigenvalue weighted by Crippen LogP contribution is 2.39. The topological polar surface area (TPSA) is 84.9 Å². The molecule has 0 saturated heterocycles. The van der Waals surface area contributed by atoms with Gasteiger partial charge in [-0.2, -0.15) is 0 Å². The Morgan fingerprint density at radius 3 is 2.65 bits per heavy atom. The number of aryl methyl sites for hydroxylation is 1. The Labute approximate surface area is 183 Å². The minimum absolute atomic E-state index is 0.0646. The lowest BCUT2D eigenvalue weighted by Crippen LogP contribution is -2.42. The fourth-order valence-corrected chi connectivity index (χ4v) is 4.65. The zero-order valence-electron chi connectivity index (χ0n) is 18.3. The van der Waals surface area contributed by atoms with Crippen LogP contribution < -0.4 is 19.1 Å². The summed E-state index contributed by atoms with van der Waals surface area (Å²) in [5, 5.41) is 0. The predicted molar refractivity (Wildman–Crippen MR) is 121 cm³/mol. The molecule has 1 aliphatic heterocycles. The third kappa shape index (κ3) is 4.54. The fraction of sp³-hybridized carbons (Fsp3) is 0.348. The van der Waals surface area contributed by atoms with Crippen LogP contribution in [0.2, 0.25) is 0 Å². The van der Waals surface area contributed by atoms with E-state index in [1.54, 1.807) is 41.3 Å². The highest BCUT2D eigenvalue weighted by Gasteiger charge is 2.37. The zero-order chi connectivity index (χ0) is 22.8. The molecule has 0 atom stereocenters. The van der Waals surface area contributed by atoms with Crippen LogP contribution in [0.3, 0.4) is 0 Å². The van der Waals surface area contributed by atoms with Crippen LogP contribution in [0.4, 0.5) is 11.4 Å². The van der Waals surface area contributed by atoms with E-state index in [1.165, 1.54) is 7.11 Å². The summed E-state index contributed by atoms with van der Waals surface area (Å²) in [7, 11) is -2.48. The van der Waals surface area contributed by atoms with Gasteiger partial charge in [-0.25, -0.2) is 8.42 Å². The van der Waals surface area contributed by atoms with Gasteiger partial charge in [0.25, 0.3) is 10.0 Å². The Balaban J connectivity index is 1.99. The molecule has 0 unspecified atom stereocenters. The Kier molecular flexibility index (Phi) is 6.31. The SMILES string of the molecule is C=CCN1C(=O)C(C)(C)COc2cc(NS(=O)(=O)c3cc(CC)ccc3OC)ccc21. The van der Waals surface area contributed by atoms with Gasteiger partial charge in [0.1, 0.15) is 23.0 Å². The predicted octanol–water partition coefficient (Wildman–Crippen LogP) is 4.00. The molecular formula is C23H28N2O5S. The number of benzene rings is 2. The molecule has 1 aliphatic rings. The quantitative estimate of drug-likeness (QED) is 0.653. The first-order valence-corrected chi connectivity index (χ1v) is 11.5. The molecule has 0 radical (unpaired) electrons.